The summed E-state index contributed by atoms with van der Waals surface area (Å²) in [7, 11) is 1.72. The van der Waals surface area contributed by atoms with Gasteiger partial charge in [0.05, 0.1) is 12.9 Å². The summed E-state index contributed by atoms with van der Waals surface area (Å²) >= 11 is 0. The van der Waals surface area contributed by atoms with Crippen molar-refractivity contribution in [3.05, 3.63) is 82.0 Å². The number of aliphatic imine (C=N–C) groups is 1. The third-order valence-corrected chi connectivity index (χ3v) is 6.03. The van der Waals surface area contributed by atoms with Gasteiger partial charge in [0.1, 0.15) is 5.76 Å². The number of fused-ring (bicyclic) bond motifs is 1. The minimum absolute atomic E-state index is 0. The number of ketones is 1. The molecule has 1 unspecified atom stereocenters. The average Bonchev–Trinajstić information content (AvgIpc) is 2.76. The molecule has 199 valence electrons. The van der Waals surface area contributed by atoms with Crippen molar-refractivity contribution in [3.8, 4) is 0 Å². The first kappa shape index (κ1) is 31.8. The molecule has 2 aliphatic rings. The van der Waals surface area contributed by atoms with Crippen LogP contribution in [0.1, 0.15) is 78.0 Å². The zero-order valence-electron chi connectivity index (χ0n) is 23.5. The minimum atomic E-state index is -0.417. The number of carbonyl (C=O) groups excluding carboxylic acids is 1. The van der Waals surface area contributed by atoms with E-state index in [-0.39, 0.29) is 37.1 Å². The summed E-state index contributed by atoms with van der Waals surface area (Å²) in [5.74, 6) is 1.30. The summed E-state index contributed by atoms with van der Waals surface area (Å²) in [5.41, 5.74) is 6.08. The number of nitrogens with zero attached hydrogens (tertiary/aromatic N) is 1. The van der Waals surface area contributed by atoms with Gasteiger partial charge in [-0.3, -0.25) is 9.79 Å². The minimum Gasteiger partial charge on any atom is -0.512 e. The number of aliphatic hydroxyl groups is 1. The van der Waals surface area contributed by atoms with E-state index in [9.17, 15) is 9.90 Å². The number of methoxy groups -OCH3 is 1. The Kier molecular flexibility index (Phi) is 11.3. The van der Waals surface area contributed by atoms with Gasteiger partial charge in [0.15, 0.2) is 5.78 Å². The Balaban J connectivity index is 0.000000402. The van der Waals surface area contributed by atoms with Gasteiger partial charge in [0, 0.05) is 54.3 Å². The van der Waals surface area contributed by atoms with Gasteiger partial charge in [-0.1, -0.05) is 74.0 Å². The molecule has 1 aliphatic carbocycles. The van der Waals surface area contributed by atoms with E-state index in [1.54, 1.807) is 7.11 Å². The van der Waals surface area contributed by atoms with E-state index in [2.05, 4.69) is 57.2 Å². The second-order valence-electron chi connectivity index (χ2n) is 11.4. The maximum atomic E-state index is 11.5. The molecule has 5 heteroatoms. The number of carbonyl (C=O) groups is 1. The SMILES string of the molecule is CC(C)(C)C(=O)/C=C(\O)C(C)(C)C.CCC1=CC=C2N=C(c3[c-]c(C)cc(C)c3)C(OC)=CC2C1.[Ir]. The summed E-state index contributed by atoms with van der Waals surface area (Å²) in [6.45, 7) is 17.5. The Bertz CT molecular complexity index is 1090. The molecule has 0 aromatic heterocycles. The van der Waals surface area contributed by atoms with Crippen molar-refractivity contribution in [3.63, 3.8) is 0 Å². The first-order valence-corrected chi connectivity index (χ1v) is 12.4. The van der Waals surface area contributed by atoms with E-state index in [1.807, 2.05) is 41.5 Å². The van der Waals surface area contributed by atoms with E-state index >= 15 is 0 Å². The van der Waals surface area contributed by atoms with Gasteiger partial charge in [0.2, 0.25) is 0 Å². The molecule has 0 bridgehead atoms. The number of dihydropyridines is 1. The van der Waals surface area contributed by atoms with Gasteiger partial charge < -0.3 is 9.84 Å². The molecule has 1 heterocycles. The van der Waals surface area contributed by atoms with Crippen molar-refractivity contribution < 1.29 is 34.7 Å². The topological polar surface area (TPSA) is 58.9 Å². The fraction of sp³-hybridized carbons (Fsp3) is 0.484. The van der Waals surface area contributed by atoms with Crippen LogP contribution in [0.2, 0.25) is 0 Å². The van der Waals surface area contributed by atoms with Crippen molar-refractivity contribution in [1.82, 2.24) is 0 Å². The monoisotopic (exact) mass is 669 g/mol. The molecule has 0 amide bonds. The Morgan fingerprint density at radius 1 is 1.14 bits per heavy atom. The second-order valence-corrected chi connectivity index (χ2v) is 11.4. The number of hydrogen-bond acceptors (Lipinski definition) is 4. The Morgan fingerprint density at radius 2 is 1.78 bits per heavy atom. The van der Waals surface area contributed by atoms with Crippen LogP contribution in [0.3, 0.4) is 0 Å². The third kappa shape index (κ3) is 8.71. The summed E-state index contributed by atoms with van der Waals surface area (Å²) < 4.78 is 5.62. The van der Waals surface area contributed by atoms with Gasteiger partial charge in [0.25, 0.3) is 0 Å². The van der Waals surface area contributed by atoms with Crippen molar-refractivity contribution >= 4 is 11.5 Å². The number of allylic oxidation sites excluding steroid dienone is 7. The van der Waals surface area contributed by atoms with Gasteiger partial charge in [-0.15, -0.1) is 34.9 Å². The maximum absolute atomic E-state index is 11.5. The van der Waals surface area contributed by atoms with Crippen LogP contribution in [0.15, 0.2) is 64.2 Å². The molecule has 1 atom stereocenters. The largest absolute Gasteiger partial charge is 0.512 e. The normalized spacial score (nSPS) is 17.7. The summed E-state index contributed by atoms with van der Waals surface area (Å²) in [6, 6.07) is 7.65. The quantitative estimate of drug-likeness (QED) is 0.203. The van der Waals surface area contributed by atoms with Crippen LogP contribution >= 0.6 is 0 Å². The van der Waals surface area contributed by atoms with E-state index in [0.29, 0.717) is 5.92 Å². The molecule has 1 aromatic carbocycles. The zero-order chi connectivity index (χ0) is 26.6. The van der Waals surface area contributed by atoms with Crippen LogP contribution in [0, 0.1) is 36.7 Å². The number of aryl methyl sites for hydroxylation is 2. The van der Waals surface area contributed by atoms with Crippen LogP contribution in [0.5, 0.6) is 0 Å². The molecule has 0 saturated carbocycles. The third-order valence-electron chi connectivity index (χ3n) is 6.03. The number of rotatable bonds is 4. The molecule has 0 spiro atoms. The molecule has 3 rings (SSSR count). The number of ether oxygens (including phenoxy) is 1. The number of hydrogen-bond donors (Lipinski definition) is 1. The Morgan fingerprint density at radius 3 is 2.28 bits per heavy atom. The first-order valence-electron chi connectivity index (χ1n) is 12.4. The molecule has 4 nitrogen and oxygen atoms in total. The molecular formula is C31H42IrNO3-. The number of benzene rings is 1. The average molecular weight is 669 g/mol. The summed E-state index contributed by atoms with van der Waals surface area (Å²) in [6.07, 6.45) is 10.0. The van der Waals surface area contributed by atoms with Gasteiger partial charge in [-0.2, -0.15) is 0 Å². The molecule has 0 fully saturated rings. The fourth-order valence-electron chi connectivity index (χ4n) is 3.69. The van der Waals surface area contributed by atoms with Crippen molar-refractivity contribution in [1.29, 1.82) is 0 Å². The Labute approximate surface area is 231 Å². The molecule has 0 saturated heterocycles. The molecular weight excluding hydrogens is 627 g/mol. The van der Waals surface area contributed by atoms with Crippen LogP contribution in [-0.2, 0) is 29.6 Å². The van der Waals surface area contributed by atoms with Gasteiger partial charge in [-0.05, 0) is 25.0 Å². The van der Waals surface area contributed by atoms with E-state index < -0.39 is 5.41 Å². The van der Waals surface area contributed by atoms with Crippen molar-refractivity contribution in [2.24, 2.45) is 21.7 Å². The Hall–Kier alpha value is -2.23. The predicted octanol–water partition coefficient (Wildman–Crippen LogP) is 7.76. The van der Waals surface area contributed by atoms with Gasteiger partial charge in [-0.25, -0.2) is 0 Å². The first-order chi connectivity index (χ1) is 16.1. The fourth-order valence-corrected chi connectivity index (χ4v) is 3.69. The maximum Gasteiger partial charge on any atom is 0.164 e. The summed E-state index contributed by atoms with van der Waals surface area (Å²) in [5, 5.41) is 9.56. The van der Waals surface area contributed by atoms with Crippen LogP contribution in [0.25, 0.3) is 0 Å². The molecule has 1 radical (unpaired) electrons. The van der Waals surface area contributed by atoms with E-state index in [4.69, 9.17) is 9.73 Å². The van der Waals surface area contributed by atoms with Crippen molar-refractivity contribution in [2.75, 3.05) is 7.11 Å². The molecule has 1 aliphatic heterocycles. The summed E-state index contributed by atoms with van der Waals surface area (Å²) in [4.78, 5) is 16.4. The second kappa shape index (κ2) is 12.8. The van der Waals surface area contributed by atoms with E-state index in [1.165, 1.54) is 17.2 Å². The van der Waals surface area contributed by atoms with Crippen LogP contribution in [0.4, 0.5) is 0 Å². The van der Waals surface area contributed by atoms with Crippen LogP contribution in [-0.4, -0.2) is 23.7 Å². The van der Waals surface area contributed by atoms with Crippen LogP contribution < -0.4 is 0 Å². The smallest absolute Gasteiger partial charge is 0.164 e. The van der Waals surface area contributed by atoms with Crippen molar-refractivity contribution in [2.45, 2.75) is 75.2 Å². The standard InChI is InChI=1S/C20H22NO.C11H20O2.Ir/c1-5-15-6-7-18-16(11-15)12-19(22-4)20(21-18)17-9-13(2)8-14(3)10-17;1-10(2,3)8(12)7-9(13)11(4,5)6;/h6-9,12,16H,5,11H2,1-4H3;7,12H,1-6H3;/q-1;;/b;8-7-;. The molecule has 36 heavy (non-hydrogen) atoms. The molecule has 1 N–H and O–H groups in total. The predicted molar refractivity (Wildman–Crippen MR) is 146 cm³/mol. The zero-order valence-corrected chi connectivity index (χ0v) is 25.9. The number of aliphatic hydroxyl groups excluding tert-OH is 1. The van der Waals surface area contributed by atoms with E-state index in [0.717, 1.165) is 41.1 Å². The molecule has 1 aromatic rings. The van der Waals surface area contributed by atoms with Gasteiger partial charge >= 0.3 is 0 Å².